The van der Waals surface area contributed by atoms with Crippen molar-refractivity contribution in [3.63, 3.8) is 0 Å². The maximum atomic E-state index is 5.73. The number of hydrogen-bond donors (Lipinski definition) is 1. The van der Waals surface area contributed by atoms with Crippen LogP contribution in [0.25, 0.3) is 0 Å². The van der Waals surface area contributed by atoms with Crippen LogP contribution in [0.2, 0.25) is 0 Å². The van der Waals surface area contributed by atoms with E-state index in [1.807, 2.05) is 0 Å². The molecule has 0 bridgehead atoms. The van der Waals surface area contributed by atoms with Crippen molar-refractivity contribution in [1.29, 1.82) is 0 Å². The molecule has 0 aromatic carbocycles. The highest BCUT2D eigenvalue weighted by Gasteiger charge is 2.35. The molecule has 100 valence electrons. The van der Waals surface area contributed by atoms with Crippen molar-refractivity contribution in [2.24, 2.45) is 17.1 Å². The van der Waals surface area contributed by atoms with Crippen molar-refractivity contribution in [2.75, 3.05) is 19.6 Å². The third kappa shape index (κ3) is 3.45. The SMILES string of the molecule is CC(C)(CCN)CN1CCCC2CCCCC21. The fourth-order valence-corrected chi connectivity index (χ4v) is 3.94. The molecule has 2 heteroatoms. The molecule has 0 radical (unpaired) electrons. The van der Waals surface area contributed by atoms with Crippen LogP contribution in [0.4, 0.5) is 0 Å². The van der Waals surface area contributed by atoms with Gasteiger partial charge in [0.2, 0.25) is 0 Å². The van der Waals surface area contributed by atoms with Crippen molar-refractivity contribution in [1.82, 2.24) is 4.90 Å². The van der Waals surface area contributed by atoms with Gasteiger partial charge in [0, 0.05) is 12.6 Å². The van der Waals surface area contributed by atoms with Gasteiger partial charge in [-0.25, -0.2) is 0 Å². The highest BCUT2D eigenvalue weighted by atomic mass is 15.2. The van der Waals surface area contributed by atoms with E-state index in [1.165, 1.54) is 51.6 Å². The lowest BCUT2D eigenvalue weighted by Gasteiger charge is -2.47. The number of rotatable bonds is 4. The second kappa shape index (κ2) is 5.71. The zero-order chi connectivity index (χ0) is 12.3. The Hall–Kier alpha value is -0.0800. The van der Waals surface area contributed by atoms with Crippen LogP contribution in [0.1, 0.15) is 58.8 Å². The summed E-state index contributed by atoms with van der Waals surface area (Å²) in [6.45, 7) is 8.17. The predicted molar refractivity (Wildman–Crippen MR) is 74.0 cm³/mol. The van der Waals surface area contributed by atoms with Crippen molar-refractivity contribution in [3.8, 4) is 0 Å². The van der Waals surface area contributed by atoms with E-state index in [9.17, 15) is 0 Å². The molecule has 2 fully saturated rings. The van der Waals surface area contributed by atoms with Crippen LogP contribution >= 0.6 is 0 Å². The van der Waals surface area contributed by atoms with Crippen LogP contribution < -0.4 is 5.73 Å². The largest absolute Gasteiger partial charge is 0.330 e. The molecule has 0 spiro atoms. The number of nitrogens with zero attached hydrogens (tertiary/aromatic N) is 1. The van der Waals surface area contributed by atoms with Crippen LogP contribution in [-0.4, -0.2) is 30.6 Å². The van der Waals surface area contributed by atoms with E-state index in [0.29, 0.717) is 5.41 Å². The molecule has 2 unspecified atom stereocenters. The minimum absolute atomic E-state index is 0.397. The van der Waals surface area contributed by atoms with Gasteiger partial charge in [0.1, 0.15) is 0 Å². The summed E-state index contributed by atoms with van der Waals surface area (Å²) >= 11 is 0. The Morgan fingerprint density at radius 1 is 1.12 bits per heavy atom. The topological polar surface area (TPSA) is 29.3 Å². The Morgan fingerprint density at radius 3 is 2.59 bits per heavy atom. The van der Waals surface area contributed by atoms with Gasteiger partial charge in [-0.3, -0.25) is 4.90 Å². The average molecular weight is 238 g/mol. The average Bonchev–Trinajstić information content (AvgIpc) is 2.29. The van der Waals surface area contributed by atoms with Crippen LogP contribution in [0.5, 0.6) is 0 Å². The summed E-state index contributed by atoms with van der Waals surface area (Å²) in [5.74, 6) is 1.01. The fourth-order valence-electron chi connectivity index (χ4n) is 3.94. The summed E-state index contributed by atoms with van der Waals surface area (Å²) in [6.07, 6.45) is 9.91. The molecule has 0 aromatic heterocycles. The summed E-state index contributed by atoms with van der Waals surface area (Å²) in [5, 5.41) is 0. The minimum atomic E-state index is 0.397. The Morgan fingerprint density at radius 2 is 1.82 bits per heavy atom. The van der Waals surface area contributed by atoms with E-state index >= 15 is 0 Å². The molecule has 1 aliphatic heterocycles. The molecule has 1 saturated carbocycles. The van der Waals surface area contributed by atoms with Gasteiger partial charge >= 0.3 is 0 Å². The lowest BCUT2D eigenvalue weighted by molar-refractivity contribution is 0.0306. The molecule has 2 aliphatic rings. The molecule has 2 N–H and O–H groups in total. The van der Waals surface area contributed by atoms with E-state index in [-0.39, 0.29) is 0 Å². The zero-order valence-corrected chi connectivity index (χ0v) is 11.8. The Bertz CT molecular complexity index is 235. The molecule has 1 aliphatic carbocycles. The van der Waals surface area contributed by atoms with Gasteiger partial charge in [0.15, 0.2) is 0 Å². The predicted octanol–water partition coefficient (Wildman–Crippen LogP) is 3.02. The van der Waals surface area contributed by atoms with Gasteiger partial charge < -0.3 is 5.73 Å². The number of hydrogen-bond acceptors (Lipinski definition) is 2. The smallest absolute Gasteiger partial charge is 0.0124 e. The Kier molecular flexibility index (Phi) is 4.48. The Balaban J connectivity index is 1.94. The summed E-state index contributed by atoms with van der Waals surface area (Å²) in [5.41, 5.74) is 6.13. The van der Waals surface area contributed by atoms with Gasteiger partial charge in [-0.2, -0.15) is 0 Å². The lowest BCUT2D eigenvalue weighted by Crippen LogP contribution is -2.50. The van der Waals surface area contributed by atoms with Gasteiger partial charge in [-0.05, 0) is 56.5 Å². The van der Waals surface area contributed by atoms with Gasteiger partial charge in [-0.1, -0.05) is 26.7 Å². The lowest BCUT2D eigenvalue weighted by atomic mass is 9.77. The Labute approximate surface area is 107 Å². The van der Waals surface area contributed by atoms with Crippen molar-refractivity contribution in [2.45, 2.75) is 64.8 Å². The standard InChI is InChI=1S/C15H30N2/c1-15(2,9-10-16)12-17-11-5-7-13-6-3-4-8-14(13)17/h13-14H,3-12,16H2,1-2H3. The summed E-state index contributed by atoms with van der Waals surface area (Å²) in [4.78, 5) is 2.79. The molecule has 17 heavy (non-hydrogen) atoms. The second-order valence-corrected chi connectivity index (χ2v) is 6.93. The van der Waals surface area contributed by atoms with Crippen molar-refractivity contribution >= 4 is 0 Å². The molecule has 0 amide bonds. The van der Waals surface area contributed by atoms with Crippen molar-refractivity contribution in [3.05, 3.63) is 0 Å². The maximum Gasteiger partial charge on any atom is 0.0124 e. The van der Waals surface area contributed by atoms with Gasteiger partial charge in [0.05, 0.1) is 0 Å². The van der Waals surface area contributed by atoms with Crippen LogP contribution in [0.3, 0.4) is 0 Å². The third-order valence-corrected chi connectivity index (χ3v) is 4.81. The third-order valence-electron chi connectivity index (χ3n) is 4.81. The minimum Gasteiger partial charge on any atom is -0.330 e. The molecular formula is C15H30N2. The zero-order valence-electron chi connectivity index (χ0n) is 11.8. The number of likely N-dealkylation sites (tertiary alicyclic amines) is 1. The molecule has 2 nitrogen and oxygen atoms in total. The number of fused-ring (bicyclic) bond motifs is 1. The number of piperidine rings is 1. The maximum absolute atomic E-state index is 5.73. The van der Waals surface area contributed by atoms with E-state index in [4.69, 9.17) is 5.73 Å². The summed E-state index contributed by atoms with van der Waals surface area (Å²) in [6, 6.07) is 0.898. The first-order valence-electron chi connectivity index (χ1n) is 7.56. The van der Waals surface area contributed by atoms with Gasteiger partial charge in [-0.15, -0.1) is 0 Å². The summed E-state index contributed by atoms with van der Waals surface area (Å²) < 4.78 is 0. The van der Waals surface area contributed by atoms with E-state index in [1.54, 1.807) is 0 Å². The first kappa shape index (κ1) is 13.4. The first-order valence-corrected chi connectivity index (χ1v) is 7.56. The first-order chi connectivity index (χ1) is 8.12. The number of nitrogens with two attached hydrogens (primary N) is 1. The molecule has 1 saturated heterocycles. The second-order valence-electron chi connectivity index (χ2n) is 6.93. The van der Waals surface area contributed by atoms with Crippen LogP contribution in [0, 0.1) is 11.3 Å². The highest BCUT2D eigenvalue weighted by Crippen LogP contribution is 2.37. The van der Waals surface area contributed by atoms with Crippen LogP contribution in [-0.2, 0) is 0 Å². The van der Waals surface area contributed by atoms with E-state index in [2.05, 4.69) is 18.7 Å². The molecule has 0 aromatic rings. The summed E-state index contributed by atoms with van der Waals surface area (Å²) in [7, 11) is 0. The highest BCUT2D eigenvalue weighted by molar-refractivity contribution is 4.89. The molecule has 1 heterocycles. The monoisotopic (exact) mass is 238 g/mol. The van der Waals surface area contributed by atoms with E-state index < -0.39 is 0 Å². The normalized spacial score (nSPS) is 31.2. The molecule has 2 atom stereocenters. The molecular weight excluding hydrogens is 208 g/mol. The molecule has 2 rings (SSSR count). The van der Waals surface area contributed by atoms with Crippen molar-refractivity contribution < 1.29 is 0 Å². The quantitative estimate of drug-likeness (QED) is 0.816. The van der Waals surface area contributed by atoms with Gasteiger partial charge in [0.25, 0.3) is 0 Å². The fraction of sp³-hybridized carbons (Fsp3) is 1.00. The van der Waals surface area contributed by atoms with Crippen LogP contribution in [0.15, 0.2) is 0 Å². The van der Waals surface area contributed by atoms with E-state index in [0.717, 1.165) is 24.9 Å².